The molecule has 5 aliphatic heterocycles. The van der Waals surface area contributed by atoms with Gasteiger partial charge >= 0.3 is 7.26 Å². The van der Waals surface area contributed by atoms with Crippen molar-refractivity contribution in [1.82, 2.24) is 34.5 Å². The van der Waals surface area contributed by atoms with E-state index in [9.17, 15) is 19.2 Å². The molecule has 0 saturated carbocycles. The number of allylic oxidation sites excluding steroid dienone is 2. The number of likely N-dealkylation sites (tertiary alicyclic amines) is 1. The van der Waals surface area contributed by atoms with Crippen LogP contribution in [0.15, 0.2) is 126 Å². The Hall–Kier alpha value is -7.90. The first-order valence-electron chi connectivity index (χ1n) is 25.7. The van der Waals surface area contributed by atoms with Crippen molar-refractivity contribution in [3.05, 3.63) is 149 Å². The Morgan fingerprint density at radius 3 is 2.39 bits per heavy atom. The molecule has 2 fully saturated rings. The third-order valence-corrected chi connectivity index (χ3v) is 15.7. The molecule has 19 heteroatoms. The predicted octanol–water partition coefficient (Wildman–Crippen LogP) is 7.84. The summed E-state index contributed by atoms with van der Waals surface area (Å²) in [6, 6.07) is 30.4. The van der Waals surface area contributed by atoms with Gasteiger partial charge in [-0.3, -0.25) is 28.6 Å². The maximum Gasteiger partial charge on any atom is 0.846 e. The molecular weight excluding hydrogens is 969 g/mol. The monoisotopic (exact) mass is 1030 g/mol. The first-order chi connectivity index (χ1) is 36.6. The fraction of sp³-hybridized carbons (Fsp3) is 0.304. The fourth-order valence-electron chi connectivity index (χ4n) is 10.7. The minimum atomic E-state index is -1.40. The van der Waals surface area contributed by atoms with Gasteiger partial charge in [0.15, 0.2) is 23.8 Å². The van der Waals surface area contributed by atoms with E-state index in [1.54, 1.807) is 50.6 Å². The lowest BCUT2D eigenvalue weighted by molar-refractivity contribution is -0.333. The predicted molar refractivity (Wildman–Crippen MR) is 291 cm³/mol. The van der Waals surface area contributed by atoms with Gasteiger partial charge in [0.25, 0.3) is 17.7 Å². The second-order valence-corrected chi connectivity index (χ2v) is 20.4. The van der Waals surface area contributed by atoms with Crippen LogP contribution in [0.4, 0.5) is 33.1 Å². The molecule has 0 unspecified atom stereocenters. The Morgan fingerprint density at radius 2 is 1.61 bits per heavy atom. The van der Waals surface area contributed by atoms with Gasteiger partial charge in [0.1, 0.15) is 11.4 Å². The Balaban J connectivity index is 0.559. The molecule has 2 N–H and O–H groups in total. The van der Waals surface area contributed by atoms with E-state index < -0.39 is 7.26 Å². The van der Waals surface area contributed by atoms with Crippen LogP contribution in [0.2, 0.25) is 0 Å². The summed E-state index contributed by atoms with van der Waals surface area (Å²) in [5.74, 6) is 1.36. The average molecular weight is 1030 g/mol. The van der Waals surface area contributed by atoms with Crippen LogP contribution in [0.3, 0.4) is 0 Å². The standard InChI is InChI=1S/C56H57BFN11O5S/c1-63-47-10-6-5-9-45(47)55(73)64(2)49-36-60-56(62-53(49)63)61-40-17-13-39(14-18-40)54(72)67-28-25-41(26-29-67)65-30-32-66(33-31-65)52(71)12-4-3-7-27-59-51(70)37-74-44-21-15-38(16-22-44)46-23-19-42-35-43-20-24-48(50-11-8-34-75-50)69(43)57(58)68(42)46/h5-6,8-11,13-24,34-36,41H,3-4,7,12,25-33,37H2,1-2H3,(H-,59,60,61,62,70,72)/p+1. The van der Waals surface area contributed by atoms with Crippen molar-refractivity contribution in [2.75, 3.05) is 81.6 Å². The number of piperazine rings is 1. The summed E-state index contributed by atoms with van der Waals surface area (Å²) < 4.78 is 25.4. The number of aromatic nitrogens is 3. The van der Waals surface area contributed by atoms with Crippen LogP contribution in [0.1, 0.15) is 70.5 Å². The van der Waals surface area contributed by atoms with E-state index in [1.807, 2.05) is 130 Å². The number of thiophene rings is 1. The summed E-state index contributed by atoms with van der Waals surface area (Å²) in [7, 11) is 2.20. The van der Waals surface area contributed by atoms with Gasteiger partial charge in [-0.2, -0.15) is 4.98 Å². The zero-order valence-electron chi connectivity index (χ0n) is 42.0. The average Bonchev–Trinajstić information content (AvgIpc) is 4.25. The van der Waals surface area contributed by atoms with Crippen molar-refractivity contribution in [3.63, 3.8) is 0 Å². The van der Waals surface area contributed by atoms with Crippen molar-refractivity contribution in [2.45, 2.75) is 44.6 Å². The second kappa shape index (κ2) is 21.5. The highest BCUT2D eigenvalue weighted by atomic mass is 32.1. The van der Waals surface area contributed by atoms with E-state index in [2.05, 4.69) is 20.5 Å². The first-order valence-corrected chi connectivity index (χ1v) is 26.6. The molecule has 4 amide bonds. The number of ether oxygens (including phenoxy) is 1. The molecule has 16 nitrogen and oxygen atoms in total. The zero-order valence-corrected chi connectivity index (χ0v) is 42.8. The molecule has 2 saturated heterocycles. The zero-order chi connectivity index (χ0) is 51.6. The maximum absolute atomic E-state index is 16.2. The number of rotatable bonds is 15. The third kappa shape index (κ3) is 10.2. The molecule has 6 aromatic rings. The summed E-state index contributed by atoms with van der Waals surface area (Å²) >= 11 is 1.58. The Bertz CT molecular complexity index is 3220. The number of amides is 4. The molecule has 0 radical (unpaired) electrons. The molecule has 382 valence electrons. The number of carbonyl (C=O) groups excluding carboxylic acids is 4. The van der Waals surface area contributed by atoms with E-state index in [4.69, 9.17) is 9.72 Å². The largest absolute Gasteiger partial charge is 0.846 e. The summed E-state index contributed by atoms with van der Waals surface area (Å²) in [5, 5.41) is 8.17. The maximum atomic E-state index is 16.2. The number of nitrogens with zero attached hydrogens (tertiary/aromatic N) is 9. The molecule has 8 heterocycles. The van der Waals surface area contributed by atoms with E-state index in [-0.39, 0.29) is 30.2 Å². The number of fused-ring (bicyclic) bond motifs is 4. The fourth-order valence-corrected chi connectivity index (χ4v) is 11.4. The van der Waals surface area contributed by atoms with Crippen LogP contribution >= 0.6 is 11.3 Å². The Labute approximate surface area is 439 Å². The van der Waals surface area contributed by atoms with Gasteiger partial charge in [-0.05, 0) is 110 Å². The van der Waals surface area contributed by atoms with Crippen LogP contribution in [0, 0.1) is 0 Å². The van der Waals surface area contributed by atoms with Gasteiger partial charge in [0.2, 0.25) is 11.9 Å². The van der Waals surface area contributed by atoms with Gasteiger partial charge in [0, 0.05) is 118 Å². The molecule has 0 bridgehead atoms. The van der Waals surface area contributed by atoms with Crippen LogP contribution in [0.25, 0.3) is 16.6 Å². The van der Waals surface area contributed by atoms with Gasteiger partial charge in [-0.15, -0.1) is 11.3 Å². The third-order valence-electron chi connectivity index (χ3n) is 14.9. The number of piperidine rings is 1. The number of carbonyl (C=O) groups is 4. The molecule has 3 aromatic carbocycles. The molecule has 5 aliphatic rings. The van der Waals surface area contributed by atoms with Crippen molar-refractivity contribution in [2.24, 2.45) is 0 Å². The van der Waals surface area contributed by atoms with Gasteiger partial charge < -0.3 is 35.0 Å². The number of para-hydroxylation sites is 1. The van der Waals surface area contributed by atoms with E-state index in [1.165, 1.54) is 0 Å². The minimum absolute atomic E-state index is 0.00565. The lowest BCUT2D eigenvalue weighted by Gasteiger charge is -2.42. The molecule has 0 aliphatic carbocycles. The van der Waals surface area contributed by atoms with Crippen molar-refractivity contribution >= 4 is 82.8 Å². The summed E-state index contributed by atoms with van der Waals surface area (Å²) in [6.07, 6.45) is 12.1. The normalized spacial score (nSPS) is 16.5. The van der Waals surface area contributed by atoms with E-state index in [0.717, 1.165) is 89.8 Å². The highest BCUT2D eigenvalue weighted by molar-refractivity contribution is 7.13. The van der Waals surface area contributed by atoms with Crippen LogP contribution in [0.5, 0.6) is 5.75 Å². The highest BCUT2D eigenvalue weighted by Crippen LogP contribution is 2.38. The summed E-state index contributed by atoms with van der Waals surface area (Å²) in [6.45, 7) is 4.79. The molecule has 3 aromatic heterocycles. The molecule has 75 heavy (non-hydrogen) atoms. The quantitative estimate of drug-likeness (QED) is 0.0770. The molecular formula is C56H58BFN11O5S+. The van der Waals surface area contributed by atoms with E-state index in [0.29, 0.717) is 79.5 Å². The topological polar surface area (TPSA) is 151 Å². The number of unbranched alkanes of at least 4 members (excludes halogenated alkanes) is 2. The van der Waals surface area contributed by atoms with Crippen LogP contribution < -0.4 is 25.2 Å². The van der Waals surface area contributed by atoms with Crippen molar-refractivity contribution < 1.29 is 32.7 Å². The SMILES string of the molecule is CN1C(=O)c2ccccc2N(C)c2nc(Nc3ccc(C(=O)N4CCC(N5CCN(C(=O)CCCCCNC(=O)COc6ccc(C7=[N+]8B(F)n9c(ccc9-c9cccs9)C=C8C=C7)cc6)CC5)CC4)cc3)ncc21. The summed E-state index contributed by atoms with van der Waals surface area (Å²) in [5.41, 5.74) is 7.36. The summed E-state index contributed by atoms with van der Waals surface area (Å²) in [4.78, 5) is 72.6. The van der Waals surface area contributed by atoms with E-state index >= 15 is 4.32 Å². The number of halogens is 1. The Morgan fingerprint density at radius 1 is 0.827 bits per heavy atom. The van der Waals surface area contributed by atoms with Crippen molar-refractivity contribution in [3.8, 4) is 16.3 Å². The number of hydrogen-bond acceptors (Lipinski definition) is 11. The smallest absolute Gasteiger partial charge is 0.484 e. The second-order valence-electron chi connectivity index (χ2n) is 19.4. The minimum Gasteiger partial charge on any atom is -0.484 e. The number of nitrogens with one attached hydrogen (secondary N) is 2. The highest BCUT2D eigenvalue weighted by Gasteiger charge is 2.48. The van der Waals surface area contributed by atoms with Gasteiger partial charge in [-0.1, -0.05) is 24.6 Å². The van der Waals surface area contributed by atoms with Gasteiger partial charge in [-0.25, -0.2) is 13.8 Å². The van der Waals surface area contributed by atoms with Crippen molar-refractivity contribution in [1.29, 1.82) is 0 Å². The Kier molecular flexibility index (Phi) is 14.2. The molecule has 11 rings (SSSR count). The molecule has 0 spiro atoms. The van der Waals surface area contributed by atoms with Gasteiger partial charge in [0.05, 0.1) is 23.1 Å². The van der Waals surface area contributed by atoms with Crippen LogP contribution in [-0.4, -0.2) is 143 Å². The van der Waals surface area contributed by atoms with Crippen LogP contribution in [-0.2, 0) is 9.59 Å². The number of benzene rings is 3. The number of anilines is 5. The first kappa shape index (κ1) is 49.3. The lowest BCUT2D eigenvalue weighted by Crippen LogP contribution is -2.54. The molecule has 0 atom stereocenters. The lowest BCUT2D eigenvalue weighted by atomic mass is 9.96. The number of hydrogen-bond donors (Lipinski definition) is 2.